The number of amides is 1. The molecule has 6 heteroatoms. The summed E-state index contributed by atoms with van der Waals surface area (Å²) in [6.45, 7) is 4.82. The second-order valence-electron chi connectivity index (χ2n) is 5.80. The highest BCUT2D eigenvalue weighted by molar-refractivity contribution is 7.11. The number of hydrogen-bond acceptors (Lipinski definition) is 5. The van der Waals surface area contributed by atoms with Crippen LogP contribution in [0.4, 0.5) is 5.69 Å². The summed E-state index contributed by atoms with van der Waals surface area (Å²) in [7, 11) is 0. The number of anilines is 1. The molecule has 3 rings (SSSR count). The van der Waals surface area contributed by atoms with E-state index in [-0.39, 0.29) is 12.0 Å². The molecule has 2 aromatic rings. The lowest BCUT2D eigenvalue weighted by Crippen LogP contribution is -2.28. The second-order valence-corrected chi connectivity index (χ2v) is 6.94. The van der Waals surface area contributed by atoms with Crippen LogP contribution < -0.4 is 4.90 Å². The van der Waals surface area contributed by atoms with Gasteiger partial charge in [0.25, 0.3) is 5.91 Å². The Morgan fingerprint density at radius 2 is 2.28 bits per heavy atom. The van der Waals surface area contributed by atoms with E-state index < -0.39 is 0 Å². The van der Waals surface area contributed by atoms with Gasteiger partial charge in [0.1, 0.15) is 11.1 Å². The first-order valence-electron chi connectivity index (χ1n) is 8.17. The molecule has 1 unspecified atom stereocenters. The smallest absolute Gasteiger partial charge is 0.250 e. The zero-order chi connectivity index (χ0) is 17.6. The highest BCUT2D eigenvalue weighted by Gasteiger charge is 2.22. The van der Waals surface area contributed by atoms with Crippen molar-refractivity contribution >= 4 is 22.9 Å². The van der Waals surface area contributed by atoms with Crippen molar-refractivity contribution in [2.75, 3.05) is 11.5 Å². The van der Waals surface area contributed by atoms with Gasteiger partial charge >= 0.3 is 0 Å². The molecule has 0 saturated carbocycles. The summed E-state index contributed by atoms with van der Waals surface area (Å²) in [5.74, 6) is -0.167. The van der Waals surface area contributed by atoms with Crippen molar-refractivity contribution in [3.63, 3.8) is 0 Å². The molecule has 1 aliphatic rings. The lowest BCUT2D eigenvalue weighted by Gasteiger charge is -2.20. The van der Waals surface area contributed by atoms with E-state index >= 15 is 0 Å². The minimum Gasteiger partial charge on any atom is -0.371 e. The predicted octanol–water partition coefficient (Wildman–Crippen LogP) is 3.78. The number of nitrogens with zero attached hydrogens (tertiary/aromatic N) is 3. The molecule has 0 bridgehead atoms. The Morgan fingerprint density at radius 3 is 2.92 bits per heavy atom. The van der Waals surface area contributed by atoms with Gasteiger partial charge in [-0.15, -0.1) is 11.3 Å². The van der Waals surface area contributed by atoms with Crippen LogP contribution >= 0.6 is 11.3 Å². The highest BCUT2D eigenvalue weighted by Crippen LogP contribution is 2.32. The van der Waals surface area contributed by atoms with E-state index in [4.69, 9.17) is 10.00 Å². The molecule has 1 atom stereocenters. The Labute approximate surface area is 151 Å². The number of carbonyl (C=O) groups excluding carboxylic acids is 1. The monoisotopic (exact) mass is 353 g/mol. The second kappa shape index (κ2) is 8.06. The number of aromatic nitrogens is 1. The molecule has 0 aliphatic carbocycles. The van der Waals surface area contributed by atoms with E-state index in [0.717, 1.165) is 40.6 Å². The molecule has 2 heterocycles. The Balaban J connectivity index is 1.78. The number of hydrogen-bond donors (Lipinski definition) is 0. The third-order valence-corrected chi connectivity index (χ3v) is 5.14. The van der Waals surface area contributed by atoms with E-state index in [0.29, 0.717) is 13.0 Å². The van der Waals surface area contributed by atoms with E-state index in [1.54, 1.807) is 16.2 Å². The van der Waals surface area contributed by atoms with Gasteiger partial charge in [-0.2, -0.15) is 5.26 Å². The van der Waals surface area contributed by atoms with Crippen molar-refractivity contribution in [3.05, 3.63) is 58.6 Å². The van der Waals surface area contributed by atoms with Crippen molar-refractivity contribution in [2.45, 2.75) is 31.9 Å². The summed E-state index contributed by atoms with van der Waals surface area (Å²) < 4.78 is 5.67. The Kier molecular flexibility index (Phi) is 5.59. The van der Waals surface area contributed by atoms with Gasteiger partial charge in [-0.3, -0.25) is 4.79 Å². The number of ether oxygens (including phenoxy) is 1. The Hall–Kier alpha value is -2.49. The first-order chi connectivity index (χ1) is 12.2. The van der Waals surface area contributed by atoms with Gasteiger partial charge in [-0.25, -0.2) is 4.98 Å². The van der Waals surface area contributed by atoms with Gasteiger partial charge in [0, 0.05) is 23.4 Å². The lowest BCUT2D eigenvalue weighted by atomic mass is 10.1. The maximum Gasteiger partial charge on any atom is 0.250 e. The minimum absolute atomic E-state index is 0.0903. The van der Waals surface area contributed by atoms with Crippen LogP contribution in [0.25, 0.3) is 0 Å². The van der Waals surface area contributed by atoms with Gasteiger partial charge in [-0.1, -0.05) is 18.7 Å². The first-order valence-corrected chi connectivity index (χ1v) is 8.99. The third kappa shape index (κ3) is 4.13. The van der Waals surface area contributed by atoms with Crippen LogP contribution in [0, 0.1) is 11.3 Å². The van der Waals surface area contributed by atoms with Crippen molar-refractivity contribution in [2.24, 2.45) is 0 Å². The van der Waals surface area contributed by atoms with Gasteiger partial charge < -0.3 is 9.64 Å². The van der Waals surface area contributed by atoms with Crippen LogP contribution in [0.3, 0.4) is 0 Å². The molecular formula is C19H19N3O2S. The molecule has 1 fully saturated rings. The molecule has 1 aromatic carbocycles. The summed E-state index contributed by atoms with van der Waals surface area (Å²) in [6, 6.07) is 9.57. The molecule has 1 aromatic heterocycles. The SMILES string of the molecule is C=CC(=O)N(Cc1cnc(C2CCCO2)s1)c1ccc(CC#N)cc1. The highest BCUT2D eigenvalue weighted by atomic mass is 32.1. The number of carbonyl (C=O) groups is 1. The molecule has 0 N–H and O–H groups in total. The van der Waals surface area contributed by atoms with Crippen LogP contribution in [-0.2, 0) is 22.5 Å². The predicted molar refractivity (Wildman–Crippen MR) is 97.2 cm³/mol. The molecule has 128 valence electrons. The fraction of sp³-hybridized carbons (Fsp3) is 0.316. The minimum atomic E-state index is -0.167. The first kappa shape index (κ1) is 17.3. The molecule has 25 heavy (non-hydrogen) atoms. The molecule has 0 spiro atoms. The average Bonchev–Trinajstić information content (AvgIpc) is 3.31. The van der Waals surface area contributed by atoms with E-state index in [9.17, 15) is 4.79 Å². The topological polar surface area (TPSA) is 66.2 Å². The number of nitriles is 1. The number of rotatable bonds is 6. The van der Waals surface area contributed by atoms with Crippen LogP contribution in [0.2, 0.25) is 0 Å². The summed E-state index contributed by atoms with van der Waals surface area (Å²) in [6.07, 6.45) is 5.64. The Bertz CT molecular complexity index is 786. The summed E-state index contributed by atoms with van der Waals surface area (Å²) in [5.41, 5.74) is 1.70. The molecule has 0 radical (unpaired) electrons. The van der Waals surface area contributed by atoms with Crippen LogP contribution in [-0.4, -0.2) is 17.5 Å². The van der Waals surface area contributed by atoms with Gasteiger partial charge in [-0.05, 0) is 36.6 Å². The van der Waals surface area contributed by atoms with Gasteiger partial charge in [0.2, 0.25) is 0 Å². The normalized spacial score (nSPS) is 16.4. The summed E-state index contributed by atoms with van der Waals surface area (Å²) in [4.78, 5) is 19.4. The van der Waals surface area contributed by atoms with Gasteiger partial charge in [0.05, 0.1) is 19.0 Å². The third-order valence-electron chi connectivity index (χ3n) is 4.06. The van der Waals surface area contributed by atoms with Crippen LogP contribution in [0.15, 0.2) is 43.1 Å². The molecule has 1 saturated heterocycles. The van der Waals surface area contributed by atoms with E-state index in [1.165, 1.54) is 6.08 Å². The summed E-state index contributed by atoms with van der Waals surface area (Å²) >= 11 is 1.58. The number of thiazole rings is 1. The van der Waals surface area contributed by atoms with Crippen molar-refractivity contribution < 1.29 is 9.53 Å². The van der Waals surface area contributed by atoms with Crippen LogP contribution in [0.5, 0.6) is 0 Å². The Morgan fingerprint density at radius 1 is 1.48 bits per heavy atom. The lowest BCUT2D eigenvalue weighted by molar-refractivity contribution is -0.114. The fourth-order valence-corrected chi connectivity index (χ4v) is 3.75. The standard InChI is InChI=1S/C19H19N3O2S/c1-2-18(23)22(15-7-5-14(6-8-15)9-10-20)13-16-12-21-19(25-16)17-4-3-11-24-17/h2,5-8,12,17H,1,3-4,9,11,13H2. The largest absolute Gasteiger partial charge is 0.371 e. The number of benzene rings is 1. The fourth-order valence-electron chi connectivity index (χ4n) is 2.76. The molecule has 1 aliphatic heterocycles. The zero-order valence-corrected chi connectivity index (χ0v) is 14.7. The van der Waals surface area contributed by atoms with Crippen molar-refractivity contribution in [1.29, 1.82) is 5.26 Å². The van der Waals surface area contributed by atoms with E-state index in [1.807, 2.05) is 30.5 Å². The maximum atomic E-state index is 12.3. The average molecular weight is 353 g/mol. The molecule has 1 amide bonds. The maximum absolute atomic E-state index is 12.3. The molecular weight excluding hydrogens is 334 g/mol. The molecule has 5 nitrogen and oxygen atoms in total. The van der Waals surface area contributed by atoms with Gasteiger partial charge in [0.15, 0.2) is 0 Å². The zero-order valence-electron chi connectivity index (χ0n) is 13.9. The van der Waals surface area contributed by atoms with E-state index in [2.05, 4.69) is 17.6 Å². The van der Waals surface area contributed by atoms with Crippen molar-refractivity contribution in [1.82, 2.24) is 4.98 Å². The quantitative estimate of drug-likeness (QED) is 0.741. The summed E-state index contributed by atoms with van der Waals surface area (Å²) in [5, 5.41) is 9.74. The van der Waals surface area contributed by atoms with Crippen LogP contribution in [0.1, 0.15) is 34.4 Å². The van der Waals surface area contributed by atoms with Crippen molar-refractivity contribution in [3.8, 4) is 6.07 Å².